The Labute approximate surface area is 168 Å². The van der Waals surface area contributed by atoms with Gasteiger partial charge in [0.2, 0.25) is 11.8 Å². The minimum absolute atomic E-state index is 0.0303. The third-order valence-corrected chi connectivity index (χ3v) is 5.32. The summed E-state index contributed by atoms with van der Waals surface area (Å²) in [7, 11) is 0. The molecular formula is C20H26N4O3S. The van der Waals surface area contributed by atoms with Gasteiger partial charge in [0, 0.05) is 44.6 Å². The summed E-state index contributed by atoms with van der Waals surface area (Å²) in [4.78, 5) is 44.2. The molecular weight excluding hydrogens is 376 g/mol. The van der Waals surface area contributed by atoms with Gasteiger partial charge in [0.05, 0.1) is 10.9 Å². The van der Waals surface area contributed by atoms with Gasteiger partial charge in [-0.15, -0.1) is 0 Å². The molecule has 0 unspecified atom stereocenters. The second-order valence-corrected chi connectivity index (χ2v) is 8.49. The Kier molecular flexibility index (Phi) is 5.69. The van der Waals surface area contributed by atoms with Crippen molar-refractivity contribution >= 4 is 34.9 Å². The van der Waals surface area contributed by atoms with Crippen LogP contribution in [0.25, 0.3) is 10.9 Å². The molecule has 7 nitrogen and oxygen atoms in total. The molecule has 28 heavy (non-hydrogen) atoms. The number of aromatic amines is 1. The van der Waals surface area contributed by atoms with E-state index in [1.807, 2.05) is 31.7 Å². The van der Waals surface area contributed by atoms with Gasteiger partial charge in [0.15, 0.2) is 4.77 Å². The van der Waals surface area contributed by atoms with Crippen molar-refractivity contribution in [2.24, 2.45) is 5.41 Å². The van der Waals surface area contributed by atoms with Crippen molar-refractivity contribution < 1.29 is 9.59 Å². The number of carbonyl (C=O) groups is 2. The van der Waals surface area contributed by atoms with Crippen molar-refractivity contribution in [1.29, 1.82) is 0 Å². The normalized spacial score (nSPS) is 15.1. The summed E-state index contributed by atoms with van der Waals surface area (Å²) >= 11 is 5.29. The van der Waals surface area contributed by atoms with E-state index in [1.54, 1.807) is 23.1 Å². The Morgan fingerprint density at radius 1 is 1.07 bits per heavy atom. The van der Waals surface area contributed by atoms with Gasteiger partial charge in [-0.2, -0.15) is 0 Å². The Morgan fingerprint density at radius 3 is 2.32 bits per heavy atom. The van der Waals surface area contributed by atoms with Gasteiger partial charge < -0.3 is 14.8 Å². The van der Waals surface area contributed by atoms with E-state index in [1.165, 1.54) is 4.57 Å². The van der Waals surface area contributed by atoms with E-state index in [-0.39, 0.29) is 30.3 Å². The average molecular weight is 403 g/mol. The molecule has 1 fully saturated rings. The van der Waals surface area contributed by atoms with Gasteiger partial charge in [-0.3, -0.25) is 19.0 Å². The van der Waals surface area contributed by atoms with Gasteiger partial charge in [0.1, 0.15) is 0 Å². The number of H-pyrrole nitrogens is 1. The lowest BCUT2D eigenvalue weighted by Gasteiger charge is -2.37. The zero-order valence-electron chi connectivity index (χ0n) is 16.5. The van der Waals surface area contributed by atoms with Gasteiger partial charge >= 0.3 is 0 Å². The Bertz CT molecular complexity index is 1010. The van der Waals surface area contributed by atoms with Crippen LogP contribution in [0.4, 0.5) is 0 Å². The van der Waals surface area contributed by atoms with Gasteiger partial charge in [-0.05, 0) is 24.4 Å². The van der Waals surface area contributed by atoms with E-state index in [9.17, 15) is 14.4 Å². The third kappa shape index (κ3) is 4.16. The molecule has 1 aromatic carbocycles. The Morgan fingerprint density at radius 2 is 1.68 bits per heavy atom. The smallest absolute Gasteiger partial charge is 0.262 e. The van der Waals surface area contributed by atoms with Crippen LogP contribution in [0.3, 0.4) is 0 Å². The number of nitrogens with zero attached hydrogens (tertiary/aromatic N) is 3. The van der Waals surface area contributed by atoms with E-state index in [2.05, 4.69) is 4.98 Å². The highest BCUT2D eigenvalue weighted by Gasteiger charge is 2.30. The summed E-state index contributed by atoms with van der Waals surface area (Å²) < 4.78 is 1.76. The van der Waals surface area contributed by atoms with Crippen LogP contribution in [0.1, 0.15) is 27.2 Å². The number of piperazine rings is 1. The maximum absolute atomic E-state index is 12.7. The molecule has 0 spiro atoms. The first-order chi connectivity index (χ1) is 13.2. The zero-order chi connectivity index (χ0) is 20.5. The minimum Gasteiger partial charge on any atom is -0.339 e. The fourth-order valence-electron chi connectivity index (χ4n) is 3.40. The molecule has 8 heteroatoms. The minimum atomic E-state index is -0.417. The van der Waals surface area contributed by atoms with Gasteiger partial charge in [-0.1, -0.05) is 32.9 Å². The molecule has 1 aliphatic heterocycles. The van der Waals surface area contributed by atoms with Crippen molar-refractivity contribution in [3.05, 3.63) is 39.4 Å². The number of nitrogens with one attached hydrogen (secondary N) is 1. The first-order valence-corrected chi connectivity index (χ1v) is 9.88. The summed E-state index contributed by atoms with van der Waals surface area (Å²) in [6.45, 7) is 8.04. The molecule has 0 aliphatic carbocycles. The number of hydrogen-bond acceptors (Lipinski definition) is 4. The zero-order valence-corrected chi connectivity index (χ0v) is 17.3. The maximum Gasteiger partial charge on any atom is 0.262 e. The predicted octanol–water partition coefficient (Wildman–Crippen LogP) is 2.17. The second kappa shape index (κ2) is 7.87. The molecule has 0 atom stereocenters. The van der Waals surface area contributed by atoms with Crippen molar-refractivity contribution in [1.82, 2.24) is 19.4 Å². The SMILES string of the molecule is CC(C)(C)C(=O)N1CCN(C(=O)CCn2c(=S)[nH]c3ccccc3c2=O)CC1. The molecule has 1 aromatic heterocycles. The number of aromatic nitrogens is 2. The van der Waals surface area contributed by atoms with Crippen molar-refractivity contribution in [3.8, 4) is 0 Å². The number of hydrogen-bond donors (Lipinski definition) is 1. The van der Waals surface area contributed by atoms with Crippen molar-refractivity contribution in [3.63, 3.8) is 0 Å². The van der Waals surface area contributed by atoms with Crippen LogP contribution in [0.5, 0.6) is 0 Å². The number of fused-ring (bicyclic) bond motifs is 1. The lowest BCUT2D eigenvalue weighted by Crippen LogP contribution is -2.53. The molecule has 0 radical (unpaired) electrons. The number of benzene rings is 1. The maximum atomic E-state index is 12.7. The van der Waals surface area contributed by atoms with E-state index in [4.69, 9.17) is 12.2 Å². The van der Waals surface area contributed by atoms with E-state index in [0.29, 0.717) is 41.9 Å². The van der Waals surface area contributed by atoms with E-state index >= 15 is 0 Å². The lowest BCUT2D eigenvalue weighted by molar-refractivity contribution is -0.145. The first kappa shape index (κ1) is 20.3. The molecule has 1 saturated heterocycles. The van der Waals surface area contributed by atoms with Crippen LogP contribution >= 0.6 is 12.2 Å². The van der Waals surface area contributed by atoms with Gasteiger partial charge in [-0.25, -0.2) is 0 Å². The number of amides is 2. The molecule has 3 rings (SSSR count). The van der Waals surface area contributed by atoms with Crippen molar-refractivity contribution in [2.45, 2.75) is 33.7 Å². The summed E-state index contributed by atoms with van der Waals surface area (Å²) in [5, 5.41) is 0.554. The molecule has 0 saturated carbocycles. The fourth-order valence-corrected chi connectivity index (χ4v) is 3.69. The highest BCUT2D eigenvalue weighted by atomic mass is 32.1. The van der Waals surface area contributed by atoms with E-state index in [0.717, 1.165) is 0 Å². The molecule has 2 aromatic rings. The highest BCUT2D eigenvalue weighted by molar-refractivity contribution is 7.71. The average Bonchev–Trinajstić information content (AvgIpc) is 2.66. The summed E-state index contributed by atoms with van der Waals surface area (Å²) in [6, 6.07) is 7.19. The first-order valence-electron chi connectivity index (χ1n) is 9.47. The fraction of sp³-hybridized carbons (Fsp3) is 0.500. The predicted molar refractivity (Wildman–Crippen MR) is 111 cm³/mol. The molecule has 150 valence electrons. The largest absolute Gasteiger partial charge is 0.339 e. The standard InChI is InChI=1S/C20H26N4O3S/c1-20(2,3)18(27)23-12-10-22(11-13-23)16(25)8-9-24-17(26)14-6-4-5-7-15(14)21-19(24)28/h4-7H,8-13H2,1-3H3,(H,21,28). The van der Waals surface area contributed by atoms with Crippen LogP contribution in [-0.2, 0) is 16.1 Å². The number of para-hydroxylation sites is 1. The van der Waals surface area contributed by atoms with Gasteiger partial charge in [0.25, 0.3) is 5.56 Å². The molecule has 0 bridgehead atoms. The molecule has 2 heterocycles. The topological polar surface area (TPSA) is 78.4 Å². The number of carbonyl (C=O) groups excluding carboxylic acids is 2. The monoisotopic (exact) mass is 402 g/mol. The second-order valence-electron chi connectivity index (χ2n) is 8.11. The van der Waals surface area contributed by atoms with Crippen LogP contribution in [0, 0.1) is 10.2 Å². The summed E-state index contributed by atoms with van der Waals surface area (Å²) in [5.41, 5.74) is 0.0900. The lowest BCUT2D eigenvalue weighted by atomic mass is 9.94. The molecule has 2 amide bonds. The summed E-state index contributed by atoms with van der Waals surface area (Å²) in [5.74, 6) is 0.0749. The third-order valence-electron chi connectivity index (χ3n) is 5.00. The molecule has 1 N–H and O–H groups in total. The number of rotatable bonds is 3. The van der Waals surface area contributed by atoms with Crippen LogP contribution in [0.2, 0.25) is 0 Å². The van der Waals surface area contributed by atoms with Crippen LogP contribution in [-0.4, -0.2) is 57.3 Å². The highest BCUT2D eigenvalue weighted by Crippen LogP contribution is 2.18. The quantitative estimate of drug-likeness (QED) is 0.798. The summed E-state index contributed by atoms with van der Waals surface area (Å²) in [6.07, 6.45) is 0.197. The van der Waals surface area contributed by atoms with E-state index < -0.39 is 5.41 Å². The van der Waals surface area contributed by atoms with Crippen molar-refractivity contribution in [2.75, 3.05) is 26.2 Å². The van der Waals surface area contributed by atoms with Crippen LogP contribution in [0.15, 0.2) is 29.1 Å². The molecule has 1 aliphatic rings. The van der Waals surface area contributed by atoms with Crippen LogP contribution < -0.4 is 5.56 Å². The Hall–Kier alpha value is -2.48. The Balaban J connectivity index is 1.63.